The molecule has 1 aromatic rings. The van der Waals surface area contributed by atoms with E-state index in [2.05, 4.69) is 5.32 Å². The van der Waals surface area contributed by atoms with E-state index >= 15 is 0 Å². The van der Waals surface area contributed by atoms with Crippen LogP contribution in [0.5, 0.6) is 11.5 Å². The molecule has 0 saturated heterocycles. The molecule has 0 unspecified atom stereocenters. The summed E-state index contributed by atoms with van der Waals surface area (Å²) in [5.41, 5.74) is 0.582. The Morgan fingerprint density at radius 1 is 1.15 bits per heavy atom. The molecular formula is C14H24ClMgNO3. The molecule has 1 atom stereocenters. The molecule has 4 N–H and O–H groups in total. The van der Waals surface area contributed by atoms with Crippen molar-refractivity contribution in [1.82, 2.24) is 5.32 Å². The van der Waals surface area contributed by atoms with Gasteiger partial charge in [0.15, 0.2) is 11.5 Å². The van der Waals surface area contributed by atoms with Crippen molar-refractivity contribution in [2.24, 2.45) is 0 Å². The molecule has 6 heteroatoms. The van der Waals surface area contributed by atoms with Crippen LogP contribution in [0.4, 0.5) is 0 Å². The van der Waals surface area contributed by atoms with Crippen molar-refractivity contribution < 1.29 is 27.7 Å². The molecule has 0 aromatic heterocycles. The molecule has 0 saturated carbocycles. The number of benzene rings is 1. The quantitative estimate of drug-likeness (QED) is 0.326. The third kappa shape index (κ3) is 10.6. The summed E-state index contributed by atoms with van der Waals surface area (Å²) in [6, 6.07) is 4.61. The predicted octanol–water partition coefficient (Wildman–Crippen LogP) is -1.02. The number of rotatable bonds is 4. The summed E-state index contributed by atoms with van der Waals surface area (Å²) in [5, 5.41) is 31.2. The third-order valence-corrected chi connectivity index (χ3v) is 2.10. The Labute approximate surface area is 144 Å². The Balaban J connectivity index is -0.000000530. The molecule has 1 rings (SSSR count). The predicted molar refractivity (Wildman–Crippen MR) is 79.3 cm³/mol. The van der Waals surface area contributed by atoms with E-state index in [0.29, 0.717) is 18.2 Å². The third-order valence-electron chi connectivity index (χ3n) is 2.10. The molecule has 0 bridgehead atoms. The van der Waals surface area contributed by atoms with Crippen molar-refractivity contribution in [3.05, 3.63) is 30.2 Å². The number of phenols is 2. The molecule has 0 aliphatic heterocycles. The van der Waals surface area contributed by atoms with E-state index < -0.39 is 6.10 Å². The van der Waals surface area contributed by atoms with Crippen LogP contribution in [-0.4, -0.2) is 51.0 Å². The first-order chi connectivity index (χ1) is 8.42. The minimum atomic E-state index is -0.682. The number of nitrogens with one attached hydrogen (secondary N) is 1. The summed E-state index contributed by atoms with van der Waals surface area (Å²) in [5.74, 6) is -0.390. The van der Waals surface area contributed by atoms with Crippen molar-refractivity contribution in [2.45, 2.75) is 39.8 Å². The van der Waals surface area contributed by atoms with Crippen molar-refractivity contribution in [3.63, 3.8) is 0 Å². The van der Waals surface area contributed by atoms with Gasteiger partial charge in [0.1, 0.15) is 0 Å². The number of aromatic hydroxyl groups is 2. The van der Waals surface area contributed by atoms with E-state index in [1.165, 1.54) is 12.1 Å². The van der Waals surface area contributed by atoms with Crippen molar-refractivity contribution in [1.29, 1.82) is 0 Å². The van der Waals surface area contributed by atoms with Crippen LogP contribution in [0.25, 0.3) is 0 Å². The van der Waals surface area contributed by atoms with E-state index in [-0.39, 0.29) is 47.0 Å². The van der Waals surface area contributed by atoms with Crippen LogP contribution in [0.3, 0.4) is 0 Å². The summed E-state index contributed by atoms with van der Waals surface area (Å²) in [6.07, 6.45) is 1.32. The first kappa shape index (κ1) is 24.8. The number of phenolic OH excluding ortho intramolecular Hbond substituents is 2. The smallest absolute Gasteiger partial charge is 1.00 e. The molecule has 0 aliphatic carbocycles. The van der Waals surface area contributed by atoms with Crippen LogP contribution in [0, 0.1) is 6.42 Å². The maximum absolute atomic E-state index is 9.73. The number of hydrogen-bond donors (Lipinski definition) is 4. The second-order valence-electron chi connectivity index (χ2n) is 4.40. The van der Waals surface area contributed by atoms with Crippen molar-refractivity contribution >= 4 is 23.1 Å². The van der Waals surface area contributed by atoms with E-state index in [4.69, 9.17) is 5.11 Å². The van der Waals surface area contributed by atoms with Gasteiger partial charge in [-0.25, -0.2) is 0 Å². The molecule has 1 aromatic carbocycles. The van der Waals surface area contributed by atoms with Gasteiger partial charge in [-0.05, 0) is 17.7 Å². The summed E-state index contributed by atoms with van der Waals surface area (Å²) >= 11 is 0. The SMILES string of the molecule is CC(C)NC[C@@H](O)c1ccc(O)c(O)c1.C[CH-]C.[Cl-].[Mg+2]. The minimum absolute atomic E-state index is 0. The first-order valence-electron chi connectivity index (χ1n) is 6.09. The Hall–Kier alpha value is -0.204. The Kier molecular flexibility index (Phi) is 17.1. The average molecular weight is 314 g/mol. The second kappa shape index (κ2) is 13.8. The second-order valence-corrected chi connectivity index (χ2v) is 4.40. The zero-order chi connectivity index (χ0) is 14.1. The maximum atomic E-state index is 9.73. The molecule has 0 spiro atoms. The number of halogens is 1. The number of aliphatic hydroxyl groups excluding tert-OH is 1. The molecule has 20 heavy (non-hydrogen) atoms. The van der Waals surface area contributed by atoms with E-state index in [9.17, 15) is 10.2 Å². The van der Waals surface area contributed by atoms with Crippen LogP contribution in [0.2, 0.25) is 0 Å². The zero-order valence-electron chi connectivity index (χ0n) is 12.6. The van der Waals surface area contributed by atoms with Gasteiger partial charge in [-0.1, -0.05) is 19.9 Å². The van der Waals surface area contributed by atoms with Gasteiger partial charge in [0.2, 0.25) is 0 Å². The van der Waals surface area contributed by atoms with Gasteiger partial charge in [0.25, 0.3) is 0 Å². The standard InChI is InChI=1S/C11H17NO3.C3H7.ClH.Mg/c1-7(2)12-6-11(15)8-3-4-9(13)10(14)5-8;1-3-2;;/h3-5,7,11-15H,6H2,1-2H3;3H,1-2H3;1H;/q;-1;;+2/p-1/t11-;;;/m1.../s1. The molecule has 0 radical (unpaired) electrons. The fourth-order valence-electron chi connectivity index (χ4n) is 1.21. The van der Waals surface area contributed by atoms with Crippen LogP contribution < -0.4 is 17.7 Å². The van der Waals surface area contributed by atoms with Gasteiger partial charge in [-0.15, -0.1) is 0 Å². The van der Waals surface area contributed by atoms with Crippen LogP contribution >= 0.6 is 0 Å². The largest absolute Gasteiger partial charge is 2.00 e. The Morgan fingerprint density at radius 3 is 2.05 bits per heavy atom. The number of aliphatic hydroxyl groups is 1. The molecule has 0 amide bonds. The van der Waals surface area contributed by atoms with Gasteiger partial charge in [-0.3, -0.25) is 0 Å². The Bertz CT molecular complexity index is 351. The number of hydrogen-bond acceptors (Lipinski definition) is 4. The zero-order valence-corrected chi connectivity index (χ0v) is 14.8. The van der Waals surface area contributed by atoms with Gasteiger partial charge in [0.05, 0.1) is 6.10 Å². The maximum Gasteiger partial charge on any atom is 2.00 e. The van der Waals surface area contributed by atoms with Gasteiger partial charge in [0, 0.05) is 12.6 Å². The first-order valence-corrected chi connectivity index (χ1v) is 6.09. The monoisotopic (exact) mass is 313 g/mol. The fourth-order valence-corrected chi connectivity index (χ4v) is 1.21. The van der Waals surface area contributed by atoms with E-state index in [1.54, 1.807) is 6.07 Å². The van der Waals surface area contributed by atoms with Crippen LogP contribution in [0.1, 0.15) is 39.4 Å². The normalized spacial score (nSPS) is 10.7. The van der Waals surface area contributed by atoms with E-state index in [1.807, 2.05) is 34.1 Å². The topological polar surface area (TPSA) is 72.7 Å². The van der Waals surface area contributed by atoms with Crippen molar-refractivity contribution in [3.8, 4) is 11.5 Å². The summed E-state index contributed by atoms with van der Waals surface area (Å²) in [6.45, 7) is 8.39. The fraction of sp³-hybridized carbons (Fsp3) is 0.500. The van der Waals surface area contributed by atoms with Crippen LogP contribution in [-0.2, 0) is 0 Å². The molecule has 112 valence electrons. The summed E-state index contributed by atoms with van der Waals surface area (Å²) in [7, 11) is 0. The molecular weight excluding hydrogens is 290 g/mol. The molecule has 0 fully saturated rings. The molecule has 0 aliphatic rings. The Morgan fingerprint density at radius 2 is 1.65 bits per heavy atom. The van der Waals surface area contributed by atoms with Gasteiger partial charge >= 0.3 is 23.1 Å². The minimum Gasteiger partial charge on any atom is -1.00 e. The van der Waals surface area contributed by atoms with E-state index in [0.717, 1.165) is 0 Å². The van der Waals surface area contributed by atoms with Crippen molar-refractivity contribution in [2.75, 3.05) is 6.54 Å². The average Bonchev–Trinajstić information content (AvgIpc) is 2.30. The van der Waals surface area contributed by atoms with Gasteiger partial charge < -0.3 is 39.5 Å². The molecule has 0 heterocycles. The summed E-state index contributed by atoms with van der Waals surface area (Å²) < 4.78 is 0. The summed E-state index contributed by atoms with van der Waals surface area (Å²) in [4.78, 5) is 0. The molecule has 4 nitrogen and oxygen atoms in total. The van der Waals surface area contributed by atoms with Gasteiger partial charge in [-0.2, -0.15) is 13.8 Å². The van der Waals surface area contributed by atoms with Crippen LogP contribution in [0.15, 0.2) is 18.2 Å².